The van der Waals surface area contributed by atoms with Gasteiger partial charge in [0, 0.05) is 12.1 Å². The van der Waals surface area contributed by atoms with Gasteiger partial charge in [0.2, 0.25) is 0 Å². The normalized spacial score (nSPS) is 20.7. The lowest BCUT2D eigenvalue weighted by molar-refractivity contribution is 0.0994. The molecule has 1 saturated heterocycles. The molecule has 8 heteroatoms. The van der Waals surface area contributed by atoms with Gasteiger partial charge in [0.1, 0.15) is 11.6 Å². The molecular weight excluding hydrogens is 306 g/mol. The second-order valence-corrected chi connectivity index (χ2v) is 5.36. The predicted octanol–water partition coefficient (Wildman–Crippen LogP) is 1.17. The first-order chi connectivity index (χ1) is 11.0. The molecular formula is C15H14F2N4O2. The van der Waals surface area contributed by atoms with Gasteiger partial charge >= 0.3 is 0 Å². The smallest absolute Gasteiger partial charge is 0.269 e. The van der Waals surface area contributed by atoms with Gasteiger partial charge in [0.05, 0.1) is 12.1 Å². The van der Waals surface area contributed by atoms with Crippen LogP contribution in [0.1, 0.15) is 28.5 Å². The van der Waals surface area contributed by atoms with Crippen LogP contribution in [0.4, 0.5) is 14.6 Å². The summed E-state index contributed by atoms with van der Waals surface area (Å²) in [6, 6.07) is 5.53. The Bertz CT molecular complexity index is 739. The van der Waals surface area contributed by atoms with Crippen LogP contribution in [0.15, 0.2) is 30.3 Å². The number of halogens is 2. The second kappa shape index (κ2) is 5.88. The zero-order valence-corrected chi connectivity index (χ0v) is 12.0. The zero-order valence-electron chi connectivity index (χ0n) is 12.0. The molecule has 1 aliphatic heterocycles. The van der Waals surface area contributed by atoms with E-state index in [4.69, 9.17) is 5.73 Å². The van der Waals surface area contributed by atoms with Crippen LogP contribution in [0.3, 0.4) is 0 Å². The molecule has 1 aromatic carbocycles. The third-order valence-corrected chi connectivity index (χ3v) is 3.79. The Hall–Kier alpha value is -2.61. The maximum atomic E-state index is 14.0. The molecule has 0 bridgehead atoms. The van der Waals surface area contributed by atoms with Crippen molar-refractivity contribution in [2.45, 2.75) is 18.6 Å². The van der Waals surface area contributed by atoms with Crippen molar-refractivity contribution in [2.24, 2.45) is 5.73 Å². The number of anilines is 1. The fourth-order valence-electron chi connectivity index (χ4n) is 2.74. The van der Waals surface area contributed by atoms with E-state index in [1.807, 2.05) is 0 Å². The van der Waals surface area contributed by atoms with E-state index in [-0.39, 0.29) is 24.2 Å². The molecule has 3 rings (SSSR count). The van der Waals surface area contributed by atoms with Crippen molar-refractivity contribution in [3.8, 4) is 0 Å². The lowest BCUT2D eigenvalue weighted by atomic mass is 10.0. The number of carbonyl (C=O) groups excluding carboxylic acids is 1. The molecule has 0 aliphatic carbocycles. The Labute approximate surface area is 130 Å². The highest BCUT2D eigenvalue weighted by molar-refractivity contribution is 5.90. The molecule has 0 radical (unpaired) electrons. The van der Waals surface area contributed by atoms with Crippen LogP contribution >= 0.6 is 0 Å². The number of hydrogen-bond donors (Lipinski definition) is 2. The molecule has 0 spiro atoms. The molecule has 23 heavy (non-hydrogen) atoms. The highest BCUT2D eigenvalue weighted by Crippen LogP contribution is 2.36. The van der Waals surface area contributed by atoms with E-state index in [0.29, 0.717) is 5.82 Å². The van der Waals surface area contributed by atoms with Crippen LogP contribution in [0.5, 0.6) is 0 Å². The van der Waals surface area contributed by atoms with Crippen molar-refractivity contribution in [1.82, 2.24) is 10.2 Å². The largest absolute Gasteiger partial charge is 0.391 e. The second-order valence-electron chi connectivity index (χ2n) is 5.36. The van der Waals surface area contributed by atoms with Gasteiger partial charge in [-0.3, -0.25) is 4.79 Å². The van der Waals surface area contributed by atoms with Crippen molar-refractivity contribution >= 4 is 11.7 Å². The molecule has 1 aliphatic rings. The minimum Gasteiger partial charge on any atom is -0.391 e. The van der Waals surface area contributed by atoms with Crippen molar-refractivity contribution < 1.29 is 18.7 Å². The summed E-state index contributed by atoms with van der Waals surface area (Å²) in [5.41, 5.74) is 5.25. The average Bonchev–Trinajstić information content (AvgIpc) is 2.91. The number of nitrogens with two attached hydrogens (primary N) is 1. The number of primary amides is 1. The van der Waals surface area contributed by atoms with Gasteiger partial charge in [-0.2, -0.15) is 0 Å². The van der Waals surface area contributed by atoms with Crippen LogP contribution in [-0.2, 0) is 0 Å². The molecule has 0 unspecified atom stereocenters. The van der Waals surface area contributed by atoms with Gasteiger partial charge < -0.3 is 15.7 Å². The Kier molecular flexibility index (Phi) is 3.91. The number of amides is 1. The fourth-order valence-corrected chi connectivity index (χ4v) is 2.74. The van der Waals surface area contributed by atoms with Gasteiger partial charge in [-0.05, 0) is 36.8 Å². The van der Waals surface area contributed by atoms with Crippen molar-refractivity contribution in [1.29, 1.82) is 0 Å². The van der Waals surface area contributed by atoms with Gasteiger partial charge in [-0.25, -0.2) is 8.78 Å². The van der Waals surface area contributed by atoms with Crippen molar-refractivity contribution in [3.05, 3.63) is 53.2 Å². The molecule has 120 valence electrons. The van der Waals surface area contributed by atoms with E-state index in [2.05, 4.69) is 10.2 Å². The summed E-state index contributed by atoms with van der Waals surface area (Å²) in [7, 11) is 0. The Morgan fingerprint density at radius 1 is 1.26 bits per heavy atom. The summed E-state index contributed by atoms with van der Waals surface area (Å²) in [5, 5.41) is 17.5. The molecule has 2 aromatic rings. The number of nitrogens with zero attached hydrogens (tertiary/aromatic N) is 3. The standard InChI is InChI=1S/C15H14F2N4O2/c16-8-1-2-11(17)10(5-8)13-6-9(22)7-21(13)14-4-3-12(15(18)23)19-20-14/h1-5,9,13,22H,6-7H2,(H2,18,23)/t9-,13+/m1/s1. The Morgan fingerprint density at radius 2 is 2.04 bits per heavy atom. The molecule has 1 aromatic heterocycles. The number of hydrogen-bond acceptors (Lipinski definition) is 5. The predicted molar refractivity (Wildman–Crippen MR) is 77.6 cm³/mol. The molecule has 3 N–H and O–H groups in total. The van der Waals surface area contributed by atoms with E-state index < -0.39 is 29.7 Å². The van der Waals surface area contributed by atoms with E-state index in [0.717, 1.165) is 18.2 Å². The van der Waals surface area contributed by atoms with Crippen LogP contribution in [0.25, 0.3) is 0 Å². The topological polar surface area (TPSA) is 92.3 Å². The monoisotopic (exact) mass is 320 g/mol. The zero-order chi connectivity index (χ0) is 16.6. The molecule has 2 atom stereocenters. The van der Waals surface area contributed by atoms with E-state index in [1.54, 1.807) is 4.90 Å². The molecule has 0 saturated carbocycles. The fraction of sp³-hybridized carbons (Fsp3) is 0.267. The number of aliphatic hydroxyl groups is 1. The highest BCUT2D eigenvalue weighted by atomic mass is 19.1. The number of rotatable bonds is 3. The van der Waals surface area contributed by atoms with Crippen LogP contribution in [0, 0.1) is 11.6 Å². The number of aromatic nitrogens is 2. The number of carbonyl (C=O) groups is 1. The first kappa shape index (κ1) is 15.3. The summed E-state index contributed by atoms with van der Waals surface area (Å²) in [4.78, 5) is 12.7. The third-order valence-electron chi connectivity index (χ3n) is 3.79. The van der Waals surface area contributed by atoms with Gasteiger partial charge in [-0.1, -0.05) is 0 Å². The number of benzene rings is 1. The van der Waals surface area contributed by atoms with E-state index in [9.17, 15) is 18.7 Å². The molecule has 1 amide bonds. The maximum absolute atomic E-state index is 14.0. The SMILES string of the molecule is NC(=O)c1ccc(N2C[C@H](O)C[C@H]2c2cc(F)ccc2F)nn1. The van der Waals surface area contributed by atoms with E-state index >= 15 is 0 Å². The molecule has 1 fully saturated rings. The quantitative estimate of drug-likeness (QED) is 0.885. The summed E-state index contributed by atoms with van der Waals surface area (Å²) in [6.45, 7) is 0.200. The lowest BCUT2D eigenvalue weighted by Crippen LogP contribution is -2.26. The van der Waals surface area contributed by atoms with Crippen molar-refractivity contribution in [2.75, 3.05) is 11.4 Å². The van der Waals surface area contributed by atoms with Crippen LogP contribution in [-0.4, -0.2) is 33.9 Å². The van der Waals surface area contributed by atoms with Crippen molar-refractivity contribution in [3.63, 3.8) is 0 Å². The lowest BCUT2D eigenvalue weighted by Gasteiger charge is -2.25. The number of β-amino-alcohol motifs (C(OH)–C–C–N with tert-alkyl or cyclic N) is 1. The van der Waals surface area contributed by atoms with Gasteiger partial charge in [0.25, 0.3) is 5.91 Å². The Balaban J connectivity index is 1.96. The average molecular weight is 320 g/mol. The summed E-state index contributed by atoms with van der Waals surface area (Å²) in [5.74, 6) is -1.48. The van der Waals surface area contributed by atoms with Gasteiger partial charge in [-0.15, -0.1) is 10.2 Å². The maximum Gasteiger partial charge on any atom is 0.269 e. The molecule has 2 heterocycles. The minimum atomic E-state index is -0.710. The summed E-state index contributed by atoms with van der Waals surface area (Å²) >= 11 is 0. The highest BCUT2D eigenvalue weighted by Gasteiger charge is 2.35. The summed E-state index contributed by atoms with van der Waals surface area (Å²) < 4.78 is 27.5. The first-order valence-electron chi connectivity index (χ1n) is 6.99. The summed E-state index contributed by atoms with van der Waals surface area (Å²) in [6.07, 6.45) is -0.472. The van der Waals surface area contributed by atoms with Crippen LogP contribution < -0.4 is 10.6 Å². The van der Waals surface area contributed by atoms with Gasteiger partial charge in [0.15, 0.2) is 11.5 Å². The Morgan fingerprint density at radius 3 is 2.70 bits per heavy atom. The molecule has 6 nitrogen and oxygen atoms in total. The van der Waals surface area contributed by atoms with Crippen LogP contribution in [0.2, 0.25) is 0 Å². The first-order valence-corrected chi connectivity index (χ1v) is 6.99. The third kappa shape index (κ3) is 2.98. The minimum absolute atomic E-state index is 0.00183. The number of aliphatic hydroxyl groups excluding tert-OH is 1. The van der Waals surface area contributed by atoms with E-state index in [1.165, 1.54) is 12.1 Å².